The van der Waals surface area contributed by atoms with E-state index in [9.17, 15) is 14.4 Å². The summed E-state index contributed by atoms with van der Waals surface area (Å²) in [5, 5.41) is 15.2. The van der Waals surface area contributed by atoms with Gasteiger partial charge in [-0.1, -0.05) is 50.1 Å². The topological polar surface area (TPSA) is 98.7 Å². The number of amides is 3. The number of aliphatic hydroxyl groups is 1. The Balaban J connectivity index is 1.59. The van der Waals surface area contributed by atoms with Gasteiger partial charge in [-0.05, 0) is 44.6 Å². The SMILES string of the molecule is CCCNC(=O)[C@H]1[C@H]2C(=O)N(CCCCCCO)C(C(=O)NCc3ccccc3)C23CC[C@]1(C)S3. The van der Waals surface area contributed by atoms with Crippen molar-refractivity contribution in [2.75, 3.05) is 19.7 Å². The number of hydrogen-bond acceptors (Lipinski definition) is 5. The second-order valence-electron chi connectivity index (χ2n) is 10.4. The normalized spacial score (nSPS) is 31.0. The Morgan fingerprint density at radius 2 is 1.83 bits per heavy atom. The third kappa shape index (κ3) is 4.84. The standard InChI is InChI=1S/C27H39N3O4S/c1-3-15-28-23(32)20-21-25(34)30(16-9-4-5-10-17-31)22(27(21)14-13-26(20,2)35-27)24(33)29-18-19-11-7-6-8-12-19/h6-8,11-12,20-22,31H,3-5,9-10,13-18H2,1-2H3,(H,28,32)(H,29,33)/t20-,21+,22?,26+,27?/m1/s1. The number of carbonyl (C=O) groups excluding carboxylic acids is 3. The maximum Gasteiger partial charge on any atom is 0.244 e. The van der Waals surface area contributed by atoms with E-state index in [1.165, 1.54) is 0 Å². The van der Waals surface area contributed by atoms with Gasteiger partial charge in [0.15, 0.2) is 0 Å². The summed E-state index contributed by atoms with van der Waals surface area (Å²) in [4.78, 5) is 42.7. The third-order valence-electron chi connectivity index (χ3n) is 7.97. The molecular weight excluding hydrogens is 462 g/mol. The Hall–Kier alpha value is -2.06. The zero-order chi connectivity index (χ0) is 25.1. The maximum absolute atomic E-state index is 13.9. The van der Waals surface area contributed by atoms with Gasteiger partial charge in [0.25, 0.3) is 0 Å². The summed E-state index contributed by atoms with van der Waals surface area (Å²) < 4.78 is -0.894. The van der Waals surface area contributed by atoms with E-state index in [1.807, 2.05) is 37.3 Å². The number of fused-ring (bicyclic) bond motifs is 1. The van der Waals surface area contributed by atoms with Crippen LogP contribution in [-0.2, 0) is 20.9 Å². The first-order valence-corrected chi connectivity index (χ1v) is 13.9. The lowest BCUT2D eigenvalue weighted by Gasteiger charge is -2.34. The zero-order valence-electron chi connectivity index (χ0n) is 20.9. The van der Waals surface area contributed by atoms with E-state index >= 15 is 0 Å². The first kappa shape index (κ1) is 26.0. The monoisotopic (exact) mass is 501 g/mol. The molecule has 35 heavy (non-hydrogen) atoms. The molecule has 4 rings (SSSR count). The zero-order valence-corrected chi connectivity index (χ0v) is 21.7. The summed E-state index contributed by atoms with van der Waals surface area (Å²) in [7, 11) is 0. The number of likely N-dealkylation sites (tertiary alicyclic amines) is 1. The molecule has 3 amide bonds. The molecule has 8 heteroatoms. The van der Waals surface area contributed by atoms with Gasteiger partial charge in [-0.2, -0.15) is 0 Å². The van der Waals surface area contributed by atoms with Crippen LogP contribution < -0.4 is 10.6 Å². The molecule has 3 N–H and O–H groups in total. The van der Waals surface area contributed by atoms with Gasteiger partial charge in [0.2, 0.25) is 17.7 Å². The Bertz CT molecular complexity index is 928. The Kier molecular flexibility index (Phi) is 8.11. The fourth-order valence-corrected chi connectivity index (χ4v) is 8.71. The van der Waals surface area contributed by atoms with Crippen molar-refractivity contribution in [2.24, 2.45) is 11.8 Å². The van der Waals surface area contributed by atoms with Gasteiger partial charge in [0.05, 0.1) is 16.6 Å². The highest BCUT2D eigenvalue weighted by molar-refractivity contribution is 8.02. The van der Waals surface area contributed by atoms with Crippen LogP contribution in [0.4, 0.5) is 0 Å². The molecule has 0 aliphatic carbocycles. The minimum Gasteiger partial charge on any atom is -0.396 e. The highest BCUT2D eigenvalue weighted by atomic mass is 32.2. The number of nitrogens with zero attached hydrogens (tertiary/aromatic N) is 1. The second-order valence-corrected chi connectivity index (χ2v) is 12.3. The Labute approximate surface area is 212 Å². The summed E-state index contributed by atoms with van der Waals surface area (Å²) in [5.41, 5.74) is 1.02. The van der Waals surface area contributed by atoms with E-state index in [-0.39, 0.29) is 29.1 Å². The van der Waals surface area contributed by atoms with E-state index in [0.29, 0.717) is 19.6 Å². The van der Waals surface area contributed by atoms with Gasteiger partial charge in [-0.15, -0.1) is 11.8 Å². The molecule has 0 aromatic heterocycles. The summed E-state index contributed by atoms with van der Waals surface area (Å²) in [6.07, 6.45) is 5.76. The smallest absolute Gasteiger partial charge is 0.244 e. The lowest BCUT2D eigenvalue weighted by Crippen LogP contribution is -2.53. The molecular formula is C27H39N3O4S. The van der Waals surface area contributed by atoms with Crippen LogP contribution in [-0.4, -0.2) is 63.0 Å². The molecule has 3 saturated heterocycles. The number of unbranched alkanes of at least 4 members (excludes halogenated alkanes) is 3. The van der Waals surface area contributed by atoms with Crippen LogP contribution in [0.3, 0.4) is 0 Å². The molecule has 3 fully saturated rings. The summed E-state index contributed by atoms with van der Waals surface area (Å²) in [5.74, 6) is -1.09. The Morgan fingerprint density at radius 3 is 2.54 bits per heavy atom. The van der Waals surface area contributed by atoms with Crippen LogP contribution in [0.2, 0.25) is 0 Å². The molecule has 0 radical (unpaired) electrons. The van der Waals surface area contributed by atoms with Gasteiger partial charge in [0, 0.05) is 31.0 Å². The molecule has 2 bridgehead atoms. The number of thioether (sulfide) groups is 1. The third-order valence-corrected chi connectivity index (χ3v) is 9.96. The second kappa shape index (κ2) is 10.9. The van der Waals surface area contributed by atoms with Crippen molar-refractivity contribution < 1.29 is 19.5 Å². The fourth-order valence-electron chi connectivity index (χ4n) is 6.36. The molecule has 0 saturated carbocycles. The highest BCUT2D eigenvalue weighted by Crippen LogP contribution is 2.71. The number of aliphatic hydroxyl groups excluding tert-OH is 1. The summed E-state index contributed by atoms with van der Waals surface area (Å²) in [6, 6.07) is 9.22. The lowest BCUT2D eigenvalue weighted by atomic mass is 9.66. The molecule has 1 aromatic rings. The highest BCUT2D eigenvalue weighted by Gasteiger charge is 2.76. The van der Waals surface area contributed by atoms with Crippen molar-refractivity contribution in [3.05, 3.63) is 35.9 Å². The average molecular weight is 502 g/mol. The molecule has 3 heterocycles. The predicted octanol–water partition coefficient (Wildman–Crippen LogP) is 2.86. The van der Waals surface area contributed by atoms with E-state index < -0.39 is 22.6 Å². The molecule has 2 unspecified atom stereocenters. The van der Waals surface area contributed by atoms with E-state index in [0.717, 1.165) is 50.5 Å². The quantitative estimate of drug-likeness (QED) is 0.383. The van der Waals surface area contributed by atoms with Crippen molar-refractivity contribution in [3.63, 3.8) is 0 Å². The molecule has 1 spiro atoms. The van der Waals surface area contributed by atoms with E-state index in [2.05, 4.69) is 17.6 Å². The Morgan fingerprint density at radius 1 is 1.09 bits per heavy atom. The number of nitrogens with one attached hydrogen (secondary N) is 2. The maximum atomic E-state index is 13.9. The minimum atomic E-state index is -0.572. The van der Waals surface area contributed by atoms with Crippen LogP contribution in [0.25, 0.3) is 0 Å². The molecule has 7 nitrogen and oxygen atoms in total. The van der Waals surface area contributed by atoms with Gasteiger partial charge in [0.1, 0.15) is 6.04 Å². The van der Waals surface area contributed by atoms with E-state index in [1.54, 1.807) is 16.7 Å². The van der Waals surface area contributed by atoms with Crippen LogP contribution in [0.1, 0.15) is 64.4 Å². The van der Waals surface area contributed by atoms with Gasteiger partial charge in [-0.25, -0.2) is 0 Å². The molecule has 3 aliphatic rings. The van der Waals surface area contributed by atoms with Crippen molar-refractivity contribution in [2.45, 2.75) is 80.9 Å². The predicted molar refractivity (Wildman–Crippen MR) is 138 cm³/mol. The average Bonchev–Trinajstić information content (AvgIpc) is 3.42. The summed E-state index contributed by atoms with van der Waals surface area (Å²) in [6.45, 7) is 5.81. The van der Waals surface area contributed by atoms with Crippen molar-refractivity contribution in [3.8, 4) is 0 Å². The van der Waals surface area contributed by atoms with Crippen molar-refractivity contribution in [1.29, 1.82) is 0 Å². The van der Waals surface area contributed by atoms with E-state index in [4.69, 9.17) is 5.11 Å². The van der Waals surface area contributed by atoms with Crippen LogP contribution >= 0.6 is 11.8 Å². The minimum absolute atomic E-state index is 0.0420. The molecule has 1 aromatic carbocycles. The van der Waals surface area contributed by atoms with Crippen LogP contribution in [0, 0.1) is 11.8 Å². The molecule has 192 valence electrons. The molecule has 5 atom stereocenters. The van der Waals surface area contributed by atoms with Gasteiger partial charge >= 0.3 is 0 Å². The first-order chi connectivity index (χ1) is 16.9. The van der Waals surface area contributed by atoms with Crippen LogP contribution in [0.5, 0.6) is 0 Å². The largest absolute Gasteiger partial charge is 0.396 e. The number of hydrogen-bond donors (Lipinski definition) is 3. The fraction of sp³-hybridized carbons (Fsp3) is 0.667. The number of benzene rings is 1. The van der Waals surface area contributed by atoms with Gasteiger partial charge < -0.3 is 20.6 Å². The first-order valence-electron chi connectivity index (χ1n) is 13.1. The molecule has 3 aliphatic heterocycles. The van der Waals surface area contributed by atoms with Gasteiger partial charge in [-0.3, -0.25) is 14.4 Å². The summed E-state index contributed by atoms with van der Waals surface area (Å²) >= 11 is 1.72. The van der Waals surface area contributed by atoms with Crippen LogP contribution in [0.15, 0.2) is 30.3 Å². The van der Waals surface area contributed by atoms with Crippen molar-refractivity contribution >= 4 is 29.5 Å². The van der Waals surface area contributed by atoms with Crippen molar-refractivity contribution in [1.82, 2.24) is 15.5 Å². The lowest BCUT2D eigenvalue weighted by molar-refractivity contribution is -0.140. The number of rotatable bonds is 12. The number of carbonyl (C=O) groups is 3.